The summed E-state index contributed by atoms with van der Waals surface area (Å²) >= 11 is 0. The van der Waals surface area contributed by atoms with Gasteiger partial charge in [-0.05, 0) is 55.3 Å². The van der Waals surface area contributed by atoms with Crippen molar-refractivity contribution in [2.75, 3.05) is 18.4 Å². The molecule has 43 heavy (non-hydrogen) atoms. The number of nitrogens with one attached hydrogen (secondary N) is 2. The minimum Gasteiger partial charge on any atom is -0.348 e. The second kappa shape index (κ2) is 11.2. The lowest BCUT2D eigenvalue weighted by atomic mass is 10.0. The van der Waals surface area contributed by atoms with Crippen LogP contribution in [-0.4, -0.2) is 63.0 Å². The summed E-state index contributed by atoms with van der Waals surface area (Å²) in [6, 6.07) is 12.6. The van der Waals surface area contributed by atoms with Gasteiger partial charge in [-0.1, -0.05) is 0 Å². The van der Waals surface area contributed by atoms with Crippen molar-refractivity contribution in [1.82, 2.24) is 44.0 Å². The maximum Gasteiger partial charge on any atom is 0.257 e. The highest BCUT2D eigenvalue weighted by molar-refractivity contribution is 6.03. The normalized spacial score (nSPS) is 14.4. The van der Waals surface area contributed by atoms with E-state index in [2.05, 4.69) is 34.7 Å². The molecule has 216 valence electrons. The summed E-state index contributed by atoms with van der Waals surface area (Å²) in [5.74, 6) is -0.369. The Morgan fingerprint density at radius 1 is 1.00 bits per heavy atom. The van der Waals surface area contributed by atoms with Crippen molar-refractivity contribution in [1.29, 1.82) is 0 Å². The standard InChI is InChI=1S/C30H26F2N10O/c31-21-3-1-19(2-4-21)28-29(41(18-36-28)22-8-13-40(14-9-22)16-25-34-11-12-35-25)23-5-6-27-37-26(17-42(27)39-23)38-30(43)20-7-10-33-24(32)15-20/h1-7,10-12,15,17-18,22H,8-9,13-14,16H2,(H,34,35)(H,38,43). The molecule has 1 aromatic carbocycles. The molecule has 0 saturated carbocycles. The van der Waals surface area contributed by atoms with E-state index in [1.807, 2.05) is 24.7 Å². The molecule has 6 heterocycles. The number of carbonyl (C=O) groups is 1. The number of amides is 1. The fraction of sp³-hybridized carbons (Fsp3) is 0.200. The first-order chi connectivity index (χ1) is 21.0. The van der Waals surface area contributed by atoms with Crippen LogP contribution in [0.15, 0.2) is 79.6 Å². The molecule has 1 saturated heterocycles. The van der Waals surface area contributed by atoms with Crippen molar-refractivity contribution in [2.24, 2.45) is 0 Å². The molecule has 1 aliphatic heterocycles. The van der Waals surface area contributed by atoms with Gasteiger partial charge in [0.25, 0.3) is 5.91 Å². The number of fused-ring (bicyclic) bond motifs is 1. The number of likely N-dealkylation sites (tertiary alicyclic amines) is 1. The molecule has 5 aromatic heterocycles. The smallest absolute Gasteiger partial charge is 0.257 e. The third-order valence-electron chi connectivity index (χ3n) is 7.58. The lowest BCUT2D eigenvalue weighted by molar-refractivity contribution is 0.102. The molecule has 1 aliphatic rings. The molecule has 1 amide bonds. The highest BCUT2D eigenvalue weighted by atomic mass is 19.1. The molecule has 0 radical (unpaired) electrons. The highest BCUT2D eigenvalue weighted by Gasteiger charge is 2.26. The monoisotopic (exact) mass is 580 g/mol. The van der Waals surface area contributed by atoms with Gasteiger partial charge in [0.05, 0.1) is 30.5 Å². The fourth-order valence-electron chi connectivity index (χ4n) is 5.46. The van der Waals surface area contributed by atoms with Crippen molar-refractivity contribution >= 4 is 17.4 Å². The number of piperidine rings is 1. The van der Waals surface area contributed by atoms with Crippen molar-refractivity contribution in [3.05, 3.63) is 103 Å². The Morgan fingerprint density at radius 2 is 1.84 bits per heavy atom. The van der Waals surface area contributed by atoms with Crippen molar-refractivity contribution in [3.8, 4) is 22.6 Å². The number of nitrogens with zero attached hydrogens (tertiary/aromatic N) is 8. The molecule has 13 heteroatoms. The number of anilines is 1. The molecule has 1 fully saturated rings. The minimum absolute atomic E-state index is 0.126. The second-order valence-electron chi connectivity index (χ2n) is 10.4. The number of aromatic nitrogens is 8. The second-order valence-corrected chi connectivity index (χ2v) is 10.4. The molecule has 11 nitrogen and oxygen atoms in total. The van der Waals surface area contributed by atoms with Gasteiger partial charge in [-0.3, -0.25) is 9.69 Å². The van der Waals surface area contributed by atoms with Crippen LogP contribution >= 0.6 is 0 Å². The Balaban J connectivity index is 1.20. The van der Waals surface area contributed by atoms with Gasteiger partial charge in [0.1, 0.15) is 17.3 Å². The number of pyridine rings is 1. The van der Waals surface area contributed by atoms with Gasteiger partial charge < -0.3 is 14.9 Å². The van der Waals surface area contributed by atoms with Gasteiger partial charge in [-0.2, -0.15) is 9.49 Å². The van der Waals surface area contributed by atoms with E-state index < -0.39 is 11.9 Å². The number of H-pyrrole nitrogens is 1. The lowest BCUT2D eigenvalue weighted by Gasteiger charge is -2.32. The van der Waals surface area contributed by atoms with E-state index >= 15 is 0 Å². The molecule has 7 rings (SSSR count). The molecule has 6 aromatic rings. The summed E-state index contributed by atoms with van der Waals surface area (Å²) < 4.78 is 31.0. The topological polar surface area (TPSA) is 122 Å². The van der Waals surface area contributed by atoms with Crippen molar-refractivity contribution < 1.29 is 13.6 Å². The zero-order chi connectivity index (χ0) is 29.3. The van der Waals surface area contributed by atoms with Crippen LogP contribution in [0, 0.1) is 11.8 Å². The van der Waals surface area contributed by atoms with Gasteiger partial charge in [0, 0.05) is 54.9 Å². The van der Waals surface area contributed by atoms with E-state index in [0.29, 0.717) is 17.0 Å². The van der Waals surface area contributed by atoms with Crippen molar-refractivity contribution in [3.63, 3.8) is 0 Å². The van der Waals surface area contributed by atoms with E-state index in [-0.39, 0.29) is 23.2 Å². The molecular weight excluding hydrogens is 554 g/mol. The van der Waals surface area contributed by atoms with Crippen LogP contribution in [0.2, 0.25) is 0 Å². The molecule has 0 aliphatic carbocycles. The first kappa shape index (κ1) is 26.6. The average molecular weight is 581 g/mol. The van der Waals surface area contributed by atoms with E-state index in [1.165, 1.54) is 24.4 Å². The fourth-order valence-corrected chi connectivity index (χ4v) is 5.46. The van der Waals surface area contributed by atoms with Crippen LogP contribution in [0.25, 0.3) is 28.3 Å². The number of hydrogen-bond acceptors (Lipinski definition) is 7. The summed E-state index contributed by atoms with van der Waals surface area (Å²) in [5, 5.41) is 7.52. The predicted octanol–water partition coefficient (Wildman–Crippen LogP) is 4.75. The van der Waals surface area contributed by atoms with Crippen LogP contribution in [0.5, 0.6) is 0 Å². The Labute approximate surface area is 244 Å². The van der Waals surface area contributed by atoms with Gasteiger partial charge in [0.2, 0.25) is 5.95 Å². The number of benzene rings is 1. The molecule has 2 N–H and O–H groups in total. The third kappa shape index (κ3) is 5.49. The number of carbonyl (C=O) groups excluding carboxylic acids is 1. The predicted molar refractivity (Wildman–Crippen MR) is 154 cm³/mol. The van der Waals surface area contributed by atoms with Crippen LogP contribution < -0.4 is 5.32 Å². The highest BCUT2D eigenvalue weighted by Crippen LogP contribution is 2.35. The van der Waals surface area contributed by atoms with Gasteiger partial charge in [-0.25, -0.2) is 28.8 Å². The van der Waals surface area contributed by atoms with Crippen LogP contribution in [0.3, 0.4) is 0 Å². The minimum atomic E-state index is -0.745. The van der Waals surface area contributed by atoms with Crippen LogP contribution in [0.1, 0.15) is 35.1 Å². The maximum absolute atomic E-state index is 13.8. The van der Waals surface area contributed by atoms with Crippen LogP contribution in [0.4, 0.5) is 14.6 Å². The SMILES string of the molecule is O=C(Nc1cn2nc(-c3c(-c4ccc(F)cc4)ncn3C3CCN(Cc4ncc[nH]4)CC3)ccc2n1)c1ccnc(F)c1. The summed E-state index contributed by atoms with van der Waals surface area (Å²) in [6.07, 6.45) is 10.1. The van der Waals surface area contributed by atoms with Crippen LogP contribution in [-0.2, 0) is 6.54 Å². The summed E-state index contributed by atoms with van der Waals surface area (Å²) in [5.41, 5.74) is 3.56. The Kier molecular flexibility index (Phi) is 6.91. The summed E-state index contributed by atoms with van der Waals surface area (Å²) in [4.78, 5) is 35.2. The van der Waals surface area contributed by atoms with Gasteiger partial charge in [0.15, 0.2) is 11.5 Å². The number of hydrogen-bond donors (Lipinski definition) is 2. The first-order valence-corrected chi connectivity index (χ1v) is 13.8. The molecule has 0 unspecified atom stereocenters. The zero-order valence-electron chi connectivity index (χ0n) is 22.9. The van der Waals surface area contributed by atoms with Gasteiger partial charge in [-0.15, -0.1) is 0 Å². The lowest BCUT2D eigenvalue weighted by Crippen LogP contribution is -2.34. The molecule has 0 bridgehead atoms. The average Bonchev–Trinajstić information content (AvgIpc) is 3.78. The van der Waals surface area contributed by atoms with E-state index in [4.69, 9.17) is 10.1 Å². The Morgan fingerprint density at radius 3 is 2.60 bits per heavy atom. The van der Waals surface area contributed by atoms with E-state index in [0.717, 1.165) is 55.6 Å². The molecular formula is C30H26F2N10O. The largest absolute Gasteiger partial charge is 0.348 e. The quantitative estimate of drug-likeness (QED) is 0.262. The number of rotatable bonds is 7. The molecule has 0 spiro atoms. The number of aromatic amines is 1. The van der Waals surface area contributed by atoms with E-state index in [1.54, 1.807) is 29.0 Å². The van der Waals surface area contributed by atoms with E-state index in [9.17, 15) is 13.6 Å². The zero-order valence-corrected chi connectivity index (χ0v) is 22.9. The Bertz CT molecular complexity index is 1890. The maximum atomic E-state index is 13.8. The third-order valence-corrected chi connectivity index (χ3v) is 7.58. The molecule has 0 atom stereocenters. The first-order valence-electron chi connectivity index (χ1n) is 13.8. The Hall–Kier alpha value is -5.30. The summed E-state index contributed by atoms with van der Waals surface area (Å²) in [7, 11) is 0. The number of imidazole rings is 3. The van der Waals surface area contributed by atoms with Crippen molar-refractivity contribution in [2.45, 2.75) is 25.4 Å². The number of halogens is 2. The van der Waals surface area contributed by atoms with Gasteiger partial charge >= 0.3 is 0 Å². The summed E-state index contributed by atoms with van der Waals surface area (Å²) in [6.45, 7) is 2.56.